The number of nitrogens with two attached hydrogens (primary N) is 1. The minimum absolute atomic E-state index is 0.298. The maximum absolute atomic E-state index is 10.0. The zero-order valence-electron chi connectivity index (χ0n) is 9.65. The molecule has 0 bridgehead atoms. The minimum Gasteiger partial charge on any atom is -0.493 e. The number of hydrogen-bond donors (Lipinski definition) is 2. The Balaban J connectivity index is 2.19. The van der Waals surface area contributed by atoms with Crippen LogP contribution >= 0.6 is 0 Å². The third-order valence-corrected chi connectivity index (χ3v) is 3.21. The third kappa shape index (κ3) is 2.36. The van der Waals surface area contributed by atoms with E-state index >= 15 is 0 Å². The highest BCUT2D eigenvalue weighted by Crippen LogP contribution is 2.37. The quantitative estimate of drug-likeness (QED) is 0.816. The van der Waals surface area contributed by atoms with Crippen LogP contribution in [0, 0.1) is 0 Å². The van der Waals surface area contributed by atoms with E-state index in [1.54, 1.807) is 6.92 Å². The summed E-state index contributed by atoms with van der Waals surface area (Å²) in [5.41, 5.74) is 5.98. The first-order valence-electron chi connectivity index (χ1n) is 5.76. The molecule has 3 N–H and O–H groups in total. The molecule has 1 aromatic carbocycles. The molecule has 88 valence electrons. The molecule has 3 nitrogen and oxygen atoms in total. The lowest BCUT2D eigenvalue weighted by atomic mass is 9.83. The Morgan fingerprint density at radius 1 is 1.50 bits per heavy atom. The van der Waals surface area contributed by atoms with Crippen LogP contribution in [-0.2, 0) is 0 Å². The van der Waals surface area contributed by atoms with Gasteiger partial charge in [0.2, 0.25) is 0 Å². The average molecular weight is 221 g/mol. The zero-order valence-corrected chi connectivity index (χ0v) is 9.65. The van der Waals surface area contributed by atoms with Gasteiger partial charge in [0.05, 0.1) is 12.2 Å². The van der Waals surface area contributed by atoms with E-state index in [1.165, 1.54) is 5.56 Å². The summed E-state index contributed by atoms with van der Waals surface area (Å²) in [6.07, 6.45) is 1.65. The van der Waals surface area contributed by atoms with Gasteiger partial charge in [-0.1, -0.05) is 18.2 Å². The van der Waals surface area contributed by atoms with Gasteiger partial charge >= 0.3 is 0 Å². The molecule has 2 rings (SSSR count). The second-order valence-electron chi connectivity index (χ2n) is 4.78. The molecule has 0 spiro atoms. The van der Waals surface area contributed by atoms with Gasteiger partial charge in [0.1, 0.15) is 5.75 Å². The lowest BCUT2D eigenvalue weighted by Gasteiger charge is -2.31. The van der Waals surface area contributed by atoms with Crippen LogP contribution in [0.5, 0.6) is 5.75 Å². The number of ether oxygens (including phenoxy) is 1. The number of hydrogen-bond acceptors (Lipinski definition) is 3. The van der Waals surface area contributed by atoms with Crippen molar-refractivity contribution in [2.24, 2.45) is 5.73 Å². The molecule has 1 aromatic rings. The van der Waals surface area contributed by atoms with Crippen molar-refractivity contribution in [2.45, 2.75) is 31.3 Å². The topological polar surface area (TPSA) is 55.5 Å². The van der Waals surface area contributed by atoms with Crippen molar-refractivity contribution in [1.29, 1.82) is 0 Å². The van der Waals surface area contributed by atoms with Gasteiger partial charge in [-0.25, -0.2) is 0 Å². The van der Waals surface area contributed by atoms with Crippen LogP contribution in [0.1, 0.15) is 31.2 Å². The summed E-state index contributed by atoms with van der Waals surface area (Å²) in [4.78, 5) is 0. The average Bonchev–Trinajstić information content (AvgIpc) is 2.29. The van der Waals surface area contributed by atoms with Crippen molar-refractivity contribution >= 4 is 0 Å². The lowest BCUT2D eigenvalue weighted by molar-refractivity contribution is 0.0473. The molecule has 0 fully saturated rings. The Labute approximate surface area is 96.2 Å². The van der Waals surface area contributed by atoms with Crippen LogP contribution in [0.3, 0.4) is 0 Å². The van der Waals surface area contributed by atoms with Crippen LogP contribution in [0.2, 0.25) is 0 Å². The van der Waals surface area contributed by atoms with E-state index in [9.17, 15) is 5.11 Å². The van der Waals surface area contributed by atoms with Crippen molar-refractivity contribution in [1.82, 2.24) is 0 Å². The van der Waals surface area contributed by atoms with Gasteiger partial charge in [-0.3, -0.25) is 0 Å². The first-order valence-corrected chi connectivity index (χ1v) is 5.76. The number of rotatable bonds is 3. The highest BCUT2D eigenvalue weighted by atomic mass is 16.5. The molecular weight excluding hydrogens is 202 g/mol. The molecule has 16 heavy (non-hydrogen) atoms. The normalized spacial score (nSPS) is 23.1. The van der Waals surface area contributed by atoms with Crippen molar-refractivity contribution < 1.29 is 9.84 Å². The van der Waals surface area contributed by atoms with E-state index in [2.05, 4.69) is 6.07 Å². The number of aliphatic hydroxyl groups is 1. The molecule has 1 aliphatic rings. The Morgan fingerprint density at radius 2 is 2.25 bits per heavy atom. The Morgan fingerprint density at radius 3 is 3.00 bits per heavy atom. The largest absolute Gasteiger partial charge is 0.493 e. The monoisotopic (exact) mass is 221 g/mol. The fraction of sp³-hybridized carbons (Fsp3) is 0.538. The molecule has 1 aliphatic heterocycles. The molecule has 2 atom stereocenters. The van der Waals surface area contributed by atoms with Crippen molar-refractivity contribution in [2.75, 3.05) is 13.2 Å². The van der Waals surface area contributed by atoms with E-state index in [-0.39, 0.29) is 0 Å². The highest BCUT2D eigenvalue weighted by molar-refractivity contribution is 5.37. The Bertz CT molecular complexity index is 363. The van der Waals surface area contributed by atoms with Gasteiger partial charge in [-0.15, -0.1) is 0 Å². The first-order chi connectivity index (χ1) is 7.62. The molecule has 0 saturated heterocycles. The van der Waals surface area contributed by atoms with Crippen molar-refractivity contribution in [3.63, 3.8) is 0 Å². The standard InChI is InChI=1S/C13H19NO2/c1-13(15,9-14)8-10-6-7-16-12-5-3-2-4-11(10)12/h2-5,10,15H,6-9,14H2,1H3. The predicted molar refractivity (Wildman–Crippen MR) is 63.6 cm³/mol. The highest BCUT2D eigenvalue weighted by Gasteiger charge is 2.28. The van der Waals surface area contributed by atoms with Crippen molar-refractivity contribution in [3.8, 4) is 5.75 Å². The van der Waals surface area contributed by atoms with E-state index in [4.69, 9.17) is 10.5 Å². The fourth-order valence-electron chi connectivity index (χ4n) is 2.24. The molecule has 3 heteroatoms. The molecule has 0 radical (unpaired) electrons. The summed E-state index contributed by atoms with van der Waals surface area (Å²) >= 11 is 0. The SMILES string of the molecule is CC(O)(CN)CC1CCOc2ccccc21. The second kappa shape index (κ2) is 4.44. The van der Waals surface area contributed by atoms with E-state index < -0.39 is 5.60 Å². The van der Waals surface area contributed by atoms with E-state index in [0.29, 0.717) is 18.9 Å². The first kappa shape index (κ1) is 11.4. The summed E-state index contributed by atoms with van der Waals surface area (Å²) in [6.45, 7) is 2.82. The van der Waals surface area contributed by atoms with Crippen LogP contribution in [-0.4, -0.2) is 23.9 Å². The second-order valence-corrected chi connectivity index (χ2v) is 4.78. The summed E-state index contributed by atoms with van der Waals surface area (Å²) in [5.74, 6) is 1.30. The molecule has 0 aromatic heterocycles. The van der Waals surface area contributed by atoms with E-state index in [1.807, 2.05) is 18.2 Å². The number of benzene rings is 1. The van der Waals surface area contributed by atoms with Gasteiger partial charge in [-0.2, -0.15) is 0 Å². The molecular formula is C13H19NO2. The molecule has 1 heterocycles. The Hall–Kier alpha value is -1.06. The smallest absolute Gasteiger partial charge is 0.122 e. The van der Waals surface area contributed by atoms with Gasteiger partial charge in [0.15, 0.2) is 0 Å². The van der Waals surface area contributed by atoms with Gasteiger partial charge in [-0.05, 0) is 37.3 Å². The lowest BCUT2D eigenvalue weighted by Crippen LogP contribution is -2.36. The fourth-order valence-corrected chi connectivity index (χ4v) is 2.24. The third-order valence-electron chi connectivity index (χ3n) is 3.21. The van der Waals surface area contributed by atoms with Gasteiger partial charge < -0.3 is 15.6 Å². The van der Waals surface area contributed by atoms with Gasteiger partial charge in [0.25, 0.3) is 0 Å². The van der Waals surface area contributed by atoms with E-state index in [0.717, 1.165) is 18.8 Å². The summed E-state index contributed by atoms with van der Waals surface area (Å²) in [7, 11) is 0. The molecule has 0 saturated carbocycles. The molecule has 0 amide bonds. The minimum atomic E-state index is -0.783. The Kier molecular flexibility index (Phi) is 3.17. The maximum atomic E-state index is 10.0. The van der Waals surface area contributed by atoms with Crippen LogP contribution in [0.25, 0.3) is 0 Å². The maximum Gasteiger partial charge on any atom is 0.122 e. The summed E-state index contributed by atoms with van der Waals surface area (Å²) < 4.78 is 5.59. The molecule has 0 aliphatic carbocycles. The van der Waals surface area contributed by atoms with Crippen molar-refractivity contribution in [3.05, 3.63) is 29.8 Å². The summed E-state index contributed by atoms with van der Waals surface area (Å²) in [5, 5.41) is 10.0. The zero-order chi connectivity index (χ0) is 11.6. The predicted octanol–water partition coefficient (Wildman–Crippen LogP) is 1.65. The summed E-state index contributed by atoms with van der Waals surface area (Å²) in [6, 6.07) is 8.05. The molecule has 2 unspecified atom stereocenters. The van der Waals surface area contributed by atoms with Gasteiger partial charge in [0, 0.05) is 6.54 Å². The van der Waals surface area contributed by atoms with Crippen LogP contribution in [0.15, 0.2) is 24.3 Å². The number of para-hydroxylation sites is 1. The number of fused-ring (bicyclic) bond motifs is 1. The van der Waals surface area contributed by atoms with Crippen LogP contribution < -0.4 is 10.5 Å². The van der Waals surface area contributed by atoms with Crippen LogP contribution in [0.4, 0.5) is 0 Å².